The van der Waals surface area contributed by atoms with Crippen molar-refractivity contribution >= 4 is 54.6 Å². The highest BCUT2D eigenvalue weighted by molar-refractivity contribution is 9.10. The van der Waals surface area contributed by atoms with Gasteiger partial charge in [0.1, 0.15) is 11.3 Å². The molecule has 3 aromatic rings. The number of imidazole rings is 1. The first-order valence-corrected chi connectivity index (χ1v) is 8.57. The molecule has 21 heavy (non-hydrogen) atoms. The first-order chi connectivity index (χ1) is 10.1. The number of halogens is 3. The summed E-state index contributed by atoms with van der Waals surface area (Å²) in [6, 6.07) is 8.21. The van der Waals surface area contributed by atoms with Gasteiger partial charge in [-0.05, 0) is 62.5 Å². The van der Waals surface area contributed by atoms with Gasteiger partial charge < -0.3 is 0 Å². The Morgan fingerprint density at radius 3 is 2.76 bits per heavy atom. The molecule has 0 spiro atoms. The normalized spacial score (nSPS) is 11.2. The Morgan fingerprint density at radius 2 is 2.05 bits per heavy atom. The molecule has 0 atom stereocenters. The second-order valence-corrected chi connectivity index (χ2v) is 6.90. The third-order valence-electron chi connectivity index (χ3n) is 3.20. The SMILES string of the molecule is Cc1ccc(-n2c(CCCl)nc3cc(Br)cnc32)c(Br)c1. The number of pyridine rings is 1. The van der Waals surface area contributed by atoms with Crippen molar-refractivity contribution in [3.8, 4) is 5.69 Å². The Kier molecular flexibility index (Phi) is 4.33. The monoisotopic (exact) mass is 427 g/mol. The van der Waals surface area contributed by atoms with Crippen LogP contribution in [0.25, 0.3) is 16.9 Å². The van der Waals surface area contributed by atoms with Crippen LogP contribution >= 0.6 is 43.5 Å². The Morgan fingerprint density at radius 1 is 1.24 bits per heavy atom. The van der Waals surface area contributed by atoms with Crippen molar-refractivity contribution in [3.63, 3.8) is 0 Å². The summed E-state index contributed by atoms with van der Waals surface area (Å²) < 4.78 is 4.00. The Labute approximate surface area is 144 Å². The van der Waals surface area contributed by atoms with Gasteiger partial charge in [0.25, 0.3) is 0 Å². The maximum atomic E-state index is 5.92. The summed E-state index contributed by atoms with van der Waals surface area (Å²) in [5.41, 5.74) is 3.92. The van der Waals surface area contributed by atoms with Crippen LogP contribution in [0.3, 0.4) is 0 Å². The molecule has 1 aromatic carbocycles. The van der Waals surface area contributed by atoms with Crippen molar-refractivity contribution in [3.05, 3.63) is 50.8 Å². The highest BCUT2D eigenvalue weighted by Crippen LogP contribution is 2.28. The second kappa shape index (κ2) is 6.07. The lowest BCUT2D eigenvalue weighted by atomic mass is 10.2. The largest absolute Gasteiger partial charge is 0.280 e. The number of hydrogen-bond acceptors (Lipinski definition) is 2. The van der Waals surface area contributed by atoms with Crippen LogP contribution in [0, 0.1) is 6.92 Å². The molecule has 0 fully saturated rings. The molecule has 108 valence electrons. The number of benzene rings is 1. The summed E-state index contributed by atoms with van der Waals surface area (Å²) in [5, 5.41) is 0. The van der Waals surface area contributed by atoms with Crippen molar-refractivity contribution in [1.82, 2.24) is 14.5 Å². The van der Waals surface area contributed by atoms with Crippen molar-refractivity contribution in [1.29, 1.82) is 0 Å². The van der Waals surface area contributed by atoms with Crippen LogP contribution in [-0.2, 0) is 6.42 Å². The Balaban J connectivity index is 2.30. The molecule has 0 saturated heterocycles. The lowest BCUT2D eigenvalue weighted by Crippen LogP contribution is -2.04. The number of rotatable bonds is 3. The molecule has 2 aromatic heterocycles. The summed E-state index contributed by atoms with van der Waals surface area (Å²) in [7, 11) is 0. The van der Waals surface area contributed by atoms with Crippen LogP contribution in [0.15, 0.2) is 39.4 Å². The topological polar surface area (TPSA) is 30.7 Å². The number of fused-ring (bicyclic) bond motifs is 1. The van der Waals surface area contributed by atoms with Crippen LogP contribution < -0.4 is 0 Å². The molecule has 0 unspecified atom stereocenters. The Hall–Kier alpha value is -0.910. The first-order valence-electron chi connectivity index (χ1n) is 6.45. The fourth-order valence-electron chi connectivity index (χ4n) is 2.29. The molecule has 6 heteroatoms. The van der Waals surface area contributed by atoms with Crippen LogP contribution in [-0.4, -0.2) is 20.4 Å². The van der Waals surface area contributed by atoms with E-state index in [4.69, 9.17) is 11.6 Å². The second-order valence-electron chi connectivity index (χ2n) is 4.75. The molecule has 0 bridgehead atoms. The van der Waals surface area contributed by atoms with Gasteiger partial charge in [-0.15, -0.1) is 11.6 Å². The van der Waals surface area contributed by atoms with E-state index < -0.39 is 0 Å². The zero-order valence-corrected chi connectivity index (χ0v) is 15.2. The van der Waals surface area contributed by atoms with E-state index in [-0.39, 0.29) is 0 Å². The van der Waals surface area contributed by atoms with Crippen LogP contribution in [0.4, 0.5) is 0 Å². The molecule has 0 aliphatic carbocycles. The number of alkyl halides is 1. The van der Waals surface area contributed by atoms with E-state index in [0.29, 0.717) is 12.3 Å². The number of aryl methyl sites for hydroxylation is 2. The fraction of sp³-hybridized carbons (Fsp3) is 0.200. The fourth-order valence-corrected chi connectivity index (χ4v) is 3.44. The van der Waals surface area contributed by atoms with Gasteiger partial charge in [0.05, 0.1) is 5.69 Å². The van der Waals surface area contributed by atoms with Crippen molar-refractivity contribution < 1.29 is 0 Å². The van der Waals surface area contributed by atoms with E-state index in [0.717, 1.165) is 31.6 Å². The van der Waals surface area contributed by atoms with E-state index in [1.807, 2.05) is 6.07 Å². The minimum absolute atomic E-state index is 0.522. The van der Waals surface area contributed by atoms with E-state index in [2.05, 4.69) is 71.5 Å². The molecule has 0 amide bonds. The minimum atomic E-state index is 0.522. The van der Waals surface area contributed by atoms with E-state index >= 15 is 0 Å². The van der Waals surface area contributed by atoms with Gasteiger partial charge in [-0.2, -0.15) is 0 Å². The maximum Gasteiger partial charge on any atom is 0.164 e. The van der Waals surface area contributed by atoms with Crippen LogP contribution in [0.2, 0.25) is 0 Å². The summed E-state index contributed by atoms with van der Waals surface area (Å²) in [6.45, 7) is 2.07. The zero-order chi connectivity index (χ0) is 15.0. The third-order valence-corrected chi connectivity index (χ3v) is 4.45. The van der Waals surface area contributed by atoms with E-state index in [1.54, 1.807) is 6.20 Å². The van der Waals surface area contributed by atoms with Gasteiger partial charge >= 0.3 is 0 Å². The average molecular weight is 430 g/mol. The molecular formula is C15H12Br2ClN3. The lowest BCUT2D eigenvalue weighted by molar-refractivity contribution is 0.902. The van der Waals surface area contributed by atoms with Gasteiger partial charge in [0, 0.05) is 27.4 Å². The summed E-state index contributed by atoms with van der Waals surface area (Å²) in [4.78, 5) is 9.18. The Bertz CT molecular complexity index is 814. The van der Waals surface area contributed by atoms with Gasteiger partial charge in [-0.1, -0.05) is 6.07 Å². The number of hydrogen-bond donors (Lipinski definition) is 0. The van der Waals surface area contributed by atoms with Crippen molar-refractivity contribution in [2.45, 2.75) is 13.3 Å². The first kappa shape index (κ1) is 15.0. The number of aromatic nitrogens is 3. The third kappa shape index (κ3) is 2.87. The molecule has 3 rings (SSSR count). The lowest BCUT2D eigenvalue weighted by Gasteiger charge is -2.10. The molecule has 0 saturated carbocycles. The molecule has 0 aliphatic heterocycles. The highest BCUT2D eigenvalue weighted by Gasteiger charge is 2.15. The molecule has 0 N–H and O–H groups in total. The highest BCUT2D eigenvalue weighted by atomic mass is 79.9. The average Bonchev–Trinajstić information content (AvgIpc) is 2.76. The number of nitrogens with zero attached hydrogens (tertiary/aromatic N) is 3. The molecule has 3 nitrogen and oxygen atoms in total. The van der Waals surface area contributed by atoms with Crippen LogP contribution in [0.1, 0.15) is 11.4 Å². The van der Waals surface area contributed by atoms with Gasteiger partial charge in [-0.3, -0.25) is 4.57 Å². The molecular weight excluding hydrogens is 417 g/mol. The molecule has 0 radical (unpaired) electrons. The summed E-state index contributed by atoms with van der Waals surface area (Å²) in [6.07, 6.45) is 2.48. The molecule has 2 heterocycles. The summed E-state index contributed by atoms with van der Waals surface area (Å²) >= 11 is 13.0. The van der Waals surface area contributed by atoms with E-state index in [9.17, 15) is 0 Å². The van der Waals surface area contributed by atoms with Gasteiger partial charge in [-0.25, -0.2) is 9.97 Å². The summed E-state index contributed by atoms with van der Waals surface area (Å²) in [5.74, 6) is 1.43. The predicted molar refractivity (Wildman–Crippen MR) is 93.4 cm³/mol. The van der Waals surface area contributed by atoms with Crippen molar-refractivity contribution in [2.24, 2.45) is 0 Å². The van der Waals surface area contributed by atoms with Gasteiger partial charge in [0.2, 0.25) is 0 Å². The quantitative estimate of drug-likeness (QED) is 0.547. The van der Waals surface area contributed by atoms with Gasteiger partial charge in [0.15, 0.2) is 5.65 Å². The van der Waals surface area contributed by atoms with Crippen LogP contribution in [0.5, 0.6) is 0 Å². The maximum absolute atomic E-state index is 5.92. The smallest absolute Gasteiger partial charge is 0.164 e. The zero-order valence-electron chi connectivity index (χ0n) is 11.3. The standard InChI is InChI=1S/C15H12Br2ClN3/c1-9-2-3-13(11(17)6-9)21-14(4-5-18)20-12-7-10(16)8-19-15(12)21/h2-3,6-8H,4-5H2,1H3. The predicted octanol–water partition coefficient (Wildman–Crippen LogP) is 5.04. The molecule has 0 aliphatic rings. The van der Waals surface area contributed by atoms with E-state index in [1.165, 1.54) is 5.56 Å². The minimum Gasteiger partial charge on any atom is -0.280 e. The van der Waals surface area contributed by atoms with Crippen molar-refractivity contribution in [2.75, 3.05) is 5.88 Å².